The number of nitrogens with one attached hydrogen (secondary N) is 2. The zero-order valence-electron chi connectivity index (χ0n) is 13.2. The molecule has 0 bridgehead atoms. The van der Waals surface area contributed by atoms with E-state index in [1.54, 1.807) is 7.11 Å². The highest BCUT2D eigenvalue weighted by molar-refractivity contribution is 7.89. The Morgan fingerprint density at radius 2 is 2.09 bits per heavy atom. The monoisotopic (exact) mass is 346 g/mol. The van der Waals surface area contributed by atoms with E-state index in [0.717, 1.165) is 19.3 Å². The molecule has 1 saturated carbocycles. The van der Waals surface area contributed by atoms with Gasteiger partial charge in [-0.15, -0.1) is 0 Å². The molecule has 9 heteroatoms. The van der Waals surface area contributed by atoms with Gasteiger partial charge in [-0.05, 0) is 25.3 Å². The van der Waals surface area contributed by atoms with Gasteiger partial charge in [0.2, 0.25) is 10.0 Å². The van der Waals surface area contributed by atoms with Gasteiger partial charge in [-0.25, -0.2) is 17.9 Å². The summed E-state index contributed by atoms with van der Waals surface area (Å²) in [6.45, 7) is 0.417. The van der Waals surface area contributed by atoms with E-state index in [0.29, 0.717) is 0 Å². The molecule has 0 amide bonds. The second-order valence-electron chi connectivity index (χ2n) is 5.29. The standard InChI is InChI=1S/C14H22N2O6S/c1-20-7-6-16-23(18,19)10-8-11(15-9-10)14(17)22-13-5-3-4-12(13)21-2/h8-9,12-13,15-16H,3-7H2,1-2H3/t12-,13-/m0/s1. The molecule has 23 heavy (non-hydrogen) atoms. The molecule has 0 spiro atoms. The van der Waals surface area contributed by atoms with Crippen molar-refractivity contribution in [2.75, 3.05) is 27.4 Å². The molecule has 1 aromatic rings. The second-order valence-corrected chi connectivity index (χ2v) is 7.06. The fraction of sp³-hybridized carbons (Fsp3) is 0.643. The molecule has 1 aliphatic carbocycles. The molecule has 2 atom stereocenters. The molecule has 0 radical (unpaired) electrons. The Kier molecular flexibility index (Phi) is 6.17. The molecule has 2 rings (SSSR count). The van der Waals surface area contributed by atoms with Crippen LogP contribution in [0.1, 0.15) is 29.8 Å². The molecule has 2 N–H and O–H groups in total. The maximum Gasteiger partial charge on any atom is 0.355 e. The van der Waals surface area contributed by atoms with Crippen LogP contribution in [-0.4, -0.2) is 59.0 Å². The minimum absolute atomic E-state index is 0.0183. The number of hydrogen-bond donors (Lipinski definition) is 2. The number of carbonyl (C=O) groups excluding carboxylic acids is 1. The minimum Gasteiger partial charge on any atom is -0.455 e. The Morgan fingerprint density at radius 1 is 1.35 bits per heavy atom. The van der Waals surface area contributed by atoms with E-state index >= 15 is 0 Å². The lowest BCUT2D eigenvalue weighted by Crippen LogP contribution is -2.28. The number of carbonyl (C=O) groups is 1. The van der Waals surface area contributed by atoms with Gasteiger partial charge in [0.05, 0.1) is 12.7 Å². The van der Waals surface area contributed by atoms with Gasteiger partial charge < -0.3 is 19.2 Å². The van der Waals surface area contributed by atoms with Crippen molar-refractivity contribution in [2.24, 2.45) is 0 Å². The van der Waals surface area contributed by atoms with E-state index in [1.165, 1.54) is 19.4 Å². The van der Waals surface area contributed by atoms with Crippen LogP contribution in [0.2, 0.25) is 0 Å². The average Bonchev–Trinajstić information content (AvgIpc) is 3.16. The maximum absolute atomic E-state index is 12.1. The molecular weight excluding hydrogens is 324 g/mol. The van der Waals surface area contributed by atoms with Crippen LogP contribution in [0.15, 0.2) is 17.2 Å². The van der Waals surface area contributed by atoms with E-state index in [-0.39, 0.29) is 35.9 Å². The summed E-state index contributed by atoms with van der Waals surface area (Å²) < 4.78 is 41.9. The fourth-order valence-corrected chi connectivity index (χ4v) is 3.51. The first kappa shape index (κ1) is 17.9. The number of hydrogen-bond acceptors (Lipinski definition) is 6. The van der Waals surface area contributed by atoms with Crippen LogP contribution in [-0.2, 0) is 24.2 Å². The summed E-state index contributed by atoms with van der Waals surface area (Å²) in [4.78, 5) is 14.7. The molecule has 130 valence electrons. The van der Waals surface area contributed by atoms with Crippen LogP contribution >= 0.6 is 0 Å². The number of aromatic nitrogens is 1. The molecule has 1 fully saturated rings. The van der Waals surface area contributed by atoms with E-state index in [1.807, 2.05) is 0 Å². The highest BCUT2D eigenvalue weighted by Gasteiger charge is 2.31. The summed E-state index contributed by atoms with van der Waals surface area (Å²) in [6, 6.07) is 1.26. The topological polar surface area (TPSA) is 107 Å². The van der Waals surface area contributed by atoms with Gasteiger partial charge in [0.25, 0.3) is 0 Å². The Hall–Kier alpha value is -1.42. The zero-order valence-corrected chi connectivity index (χ0v) is 14.0. The lowest BCUT2D eigenvalue weighted by atomic mass is 10.2. The van der Waals surface area contributed by atoms with Crippen LogP contribution in [0.5, 0.6) is 0 Å². The Morgan fingerprint density at radius 3 is 2.78 bits per heavy atom. The summed E-state index contributed by atoms with van der Waals surface area (Å²) in [5, 5.41) is 0. The van der Waals surface area contributed by atoms with Gasteiger partial charge in [-0.3, -0.25) is 0 Å². The van der Waals surface area contributed by atoms with Gasteiger partial charge in [-0.2, -0.15) is 0 Å². The lowest BCUT2D eigenvalue weighted by Gasteiger charge is -2.18. The van der Waals surface area contributed by atoms with Crippen LogP contribution in [0.25, 0.3) is 0 Å². The first-order valence-electron chi connectivity index (χ1n) is 7.38. The van der Waals surface area contributed by atoms with Gasteiger partial charge in [0.15, 0.2) is 0 Å². The van der Waals surface area contributed by atoms with Crippen LogP contribution in [0.4, 0.5) is 0 Å². The summed E-state index contributed by atoms with van der Waals surface area (Å²) in [6.07, 6.45) is 3.39. The quantitative estimate of drug-likeness (QED) is 0.529. The first-order chi connectivity index (χ1) is 11.0. The summed E-state index contributed by atoms with van der Waals surface area (Å²) in [5.41, 5.74) is 0.0962. The van der Waals surface area contributed by atoms with Crippen molar-refractivity contribution in [3.05, 3.63) is 18.0 Å². The molecular formula is C14H22N2O6S. The molecule has 8 nitrogen and oxygen atoms in total. The molecule has 1 heterocycles. The van der Waals surface area contributed by atoms with Gasteiger partial charge >= 0.3 is 5.97 Å². The van der Waals surface area contributed by atoms with Crippen molar-refractivity contribution in [3.63, 3.8) is 0 Å². The van der Waals surface area contributed by atoms with E-state index in [2.05, 4.69) is 9.71 Å². The first-order valence-corrected chi connectivity index (χ1v) is 8.87. The SMILES string of the molecule is COCCNS(=O)(=O)c1c[nH]c(C(=O)O[C@H]2CCC[C@@H]2OC)c1. The van der Waals surface area contributed by atoms with E-state index in [9.17, 15) is 13.2 Å². The smallest absolute Gasteiger partial charge is 0.355 e. The zero-order chi connectivity index (χ0) is 16.9. The third-order valence-corrected chi connectivity index (χ3v) is 5.18. The van der Waals surface area contributed by atoms with Crippen LogP contribution in [0.3, 0.4) is 0 Å². The number of methoxy groups -OCH3 is 2. The predicted molar refractivity (Wildman–Crippen MR) is 81.7 cm³/mol. The highest BCUT2D eigenvalue weighted by Crippen LogP contribution is 2.25. The van der Waals surface area contributed by atoms with E-state index in [4.69, 9.17) is 14.2 Å². The fourth-order valence-electron chi connectivity index (χ4n) is 2.51. The summed E-state index contributed by atoms with van der Waals surface area (Å²) in [7, 11) is -0.615. The van der Waals surface area contributed by atoms with Gasteiger partial charge in [0.1, 0.15) is 16.7 Å². The second kappa shape index (κ2) is 7.91. The van der Waals surface area contributed by atoms with Crippen molar-refractivity contribution < 1.29 is 27.4 Å². The minimum atomic E-state index is -3.68. The molecule has 1 aliphatic rings. The van der Waals surface area contributed by atoms with Crippen molar-refractivity contribution in [2.45, 2.75) is 36.4 Å². The lowest BCUT2D eigenvalue weighted by molar-refractivity contribution is -0.0210. The van der Waals surface area contributed by atoms with Crippen LogP contribution in [0, 0.1) is 0 Å². The number of aromatic amines is 1. The molecule has 1 aromatic heterocycles. The van der Waals surface area contributed by atoms with Crippen molar-refractivity contribution >= 4 is 16.0 Å². The average molecular weight is 346 g/mol. The largest absolute Gasteiger partial charge is 0.455 e. The number of sulfonamides is 1. The molecule has 0 saturated heterocycles. The molecule has 0 unspecified atom stereocenters. The summed E-state index contributed by atoms with van der Waals surface area (Å²) in [5.74, 6) is -0.586. The maximum atomic E-state index is 12.1. The Balaban J connectivity index is 1.99. The molecule has 0 aromatic carbocycles. The van der Waals surface area contributed by atoms with Crippen LogP contribution < -0.4 is 4.72 Å². The molecule has 0 aliphatic heterocycles. The predicted octanol–water partition coefficient (Wildman–Crippen LogP) is 0.664. The van der Waals surface area contributed by atoms with Gasteiger partial charge in [-0.1, -0.05) is 0 Å². The third kappa shape index (κ3) is 4.54. The van der Waals surface area contributed by atoms with Crippen molar-refractivity contribution in [1.29, 1.82) is 0 Å². The van der Waals surface area contributed by atoms with Gasteiger partial charge in [0, 0.05) is 27.0 Å². The number of esters is 1. The van der Waals surface area contributed by atoms with E-state index < -0.39 is 16.0 Å². The highest BCUT2D eigenvalue weighted by atomic mass is 32.2. The number of rotatable bonds is 8. The Bertz CT molecular complexity index is 627. The third-order valence-electron chi connectivity index (χ3n) is 3.74. The summed E-state index contributed by atoms with van der Waals surface area (Å²) >= 11 is 0. The number of H-pyrrole nitrogens is 1. The normalized spacial score (nSPS) is 21.5. The van der Waals surface area contributed by atoms with Crippen molar-refractivity contribution in [3.8, 4) is 0 Å². The Labute approximate surface area is 135 Å². The van der Waals surface area contributed by atoms with Crippen molar-refractivity contribution in [1.82, 2.24) is 9.71 Å². The number of ether oxygens (including phenoxy) is 3.